The minimum absolute atomic E-state index is 0.0151. The van der Waals surface area contributed by atoms with Gasteiger partial charge in [-0.25, -0.2) is 0 Å². The van der Waals surface area contributed by atoms with Crippen molar-refractivity contribution in [2.24, 2.45) is 0 Å². The van der Waals surface area contributed by atoms with Crippen molar-refractivity contribution in [2.75, 3.05) is 13.2 Å². The summed E-state index contributed by atoms with van der Waals surface area (Å²) < 4.78 is 12.7. The van der Waals surface area contributed by atoms with Gasteiger partial charge >= 0.3 is 7.12 Å². The molecule has 2 aliphatic heterocycles. The number of carbonyl (C=O) groups is 1. The van der Waals surface area contributed by atoms with E-state index in [1.165, 1.54) is 15.7 Å². The Bertz CT molecular complexity index is 1050. The van der Waals surface area contributed by atoms with Gasteiger partial charge in [0.25, 0.3) is 11.6 Å². The van der Waals surface area contributed by atoms with Crippen LogP contribution in [0.2, 0.25) is 0 Å². The summed E-state index contributed by atoms with van der Waals surface area (Å²) in [6.45, 7) is 0.566. The van der Waals surface area contributed by atoms with E-state index < -0.39 is 24.2 Å². The molecule has 1 amide bonds. The van der Waals surface area contributed by atoms with Crippen LogP contribution >= 0.6 is 0 Å². The first-order valence-corrected chi connectivity index (χ1v) is 9.14. The number of fused-ring (bicyclic) bond motifs is 2. The van der Waals surface area contributed by atoms with E-state index in [4.69, 9.17) is 9.47 Å². The molecule has 2 N–H and O–H groups in total. The predicted molar refractivity (Wildman–Crippen MR) is 101 cm³/mol. The molecule has 0 bridgehead atoms. The van der Waals surface area contributed by atoms with Crippen LogP contribution in [0.1, 0.15) is 22.5 Å². The number of ether oxygens (including phenoxy) is 2. The molecule has 0 saturated carbocycles. The molecule has 4 rings (SSSR count). The van der Waals surface area contributed by atoms with Gasteiger partial charge in [-0.3, -0.25) is 14.5 Å². The van der Waals surface area contributed by atoms with Crippen molar-refractivity contribution in [3.05, 3.63) is 58.0 Å². The Balaban J connectivity index is 1.83. The van der Waals surface area contributed by atoms with Gasteiger partial charge in [0.1, 0.15) is 12.7 Å². The molecule has 10 heteroatoms. The molecule has 9 nitrogen and oxygen atoms in total. The fourth-order valence-electron chi connectivity index (χ4n) is 3.66. The van der Waals surface area contributed by atoms with Crippen molar-refractivity contribution in [1.29, 1.82) is 5.26 Å². The highest BCUT2D eigenvalue weighted by Gasteiger charge is 2.50. The zero-order valence-electron chi connectivity index (χ0n) is 15.4. The topological polar surface area (TPSA) is 125 Å². The van der Waals surface area contributed by atoms with E-state index >= 15 is 0 Å². The van der Waals surface area contributed by atoms with Crippen molar-refractivity contribution in [2.45, 2.75) is 25.3 Å². The van der Waals surface area contributed by atoms with E-state index in [-0.39, 0.29) is 30.1 Å². The van der Waals surface area contributed by atoms with E-state index in [1.54, 1.807) is 12.1 Å². The summed E-state index contributed by atoms with van der Waals surface area (Å²) in [6.07, 6.45) is 1.73. The number of nitriles is 1. The van der Waals surface area contributed by atoms with Crippen molar-refractivity contribution in [3.8, 4) is 11.8 Å². The first kappa shape index (κ1) is 19.2. The third kappa shape index (κ3) is 3.19. The van der Waals surface area contributed by atoms with E-state index in [9.17, 15) is 24.9 Å². The second kappa shape index (κ2) is 7.37. The molecular formula is C19H18BN3O6. The molecule has 0 radical (unpaired) electrons. The lowest BCUT2D eigenvalue weighted by atomic mass is 9.80. The third-order valence-electron chi connectivity index (χ3n) is 5.08. The van der Waals surface area contributed by atoms with Gasteiger partial charge in [-0.05, 0) is 12.0 Å². The zero-order chi connectivity index (χ0) is 20.6. The van der Waals surface area contributed by atoms with Gasteiger partial charge in [0.05, 0.1) is 13.2 Å². The second-order valence-electron chi connectivity index (χ2n) is 6.92. The Labute approximate surface area is 166 Å². The molecule has 29 heavy (non-hydrogen) atoms. The number of hydrogen-bond donors (Lipinski definition) is 2. The maximum atomic E-state index is 13.2. The first-order chi connectivity index (χ1) is 14.0. The highest BCUT2D eigenvalue weighted by molar-refractivity contribution is 6.58. The SMILES string of the molecule is N#C[C@]12Cn3cc(B(O)O)c(=O)c(OCc4ccccc4)c3C(=O)N1CCCO2. The second-order valence-corrected chi connectivity index (χ2v) is 6.92. The van der Waals surface area contributed by atoms with Crippen molar-refractivity contribution >= 4 is 18.5 Å². The quantitative estimate of drug-likeness (QED) is 0.650. The monoisotopic (exact) mass is 395 g/mol. The van der Waals surface area contributed by atoms with Crippen LogP contribution in [0.25, 0.3) is 0 Å². The lowest BCUT2D eigenvalue weighted by molar-refractivity contribution is -0.143. The molecule has 1 fully saturated rings. The highest BCUT2D eigenvalue weighted by atomic mass is 16.5. The molecule has 0 spiro atoms. The van der Waals surface area contributed by atoms with Crippen molar-refractivity contribution in [3.63, 3.8) is 0 Å². The maximum Gasteiger partial charge on any atom is 0.494 e. The molecular weight excluding hydrogens is 377 g/mol. The summed E-state index contributed by atoms with van der Waals surface area (Å²) in [5, 5.41) is 29.0. The largest absolute Gasteiger partial charge is 0.494 e. The summed E-state index contributed by atoms with van der Waals surface area (Å²) in [6, 6.07) is 11.1. The van der Waals surface area contributed by atoms with E-state index in [2.05, 4.69) is 0 Å². The lowest BCUT2D eigenvalue weighted by Gasteiger charge is -2.45. The van der Waals surface area contributed by atoms with Gasteiger partial charge in [0.15, 0.2) is 11.4 Å². The number of amides is 1. The third-order valence-corrected chi connectivity index (χ3v) is 5.08. The number of carbonyl (C=O) groups excluding carboxylic acids is 1. The van der Waals surface area contributed by atoms with Crippen LogP contribution in [-0.4, -0.2) is 51.4 Å². The lowest BCUT2D eigenvalue weighted by Crippen LogP contribution is -2.63. The average molecular weight is 395 g/mol. The van der Waals surface area contributed by atoms with E-state index in [0.717, 1.165) is 5.56 Å². The van der Waals surface area contributed by atoms with Crippen molar-refractivity contribution in [1.82, 2.24) is 9.47 Å². The molecule has 0 aliphatic carbocycles. The van der Waals surface area contributed by atoms with Gasteiger partial charge < -0.3 is 24.1 Å². The number of hydrogen-bond acceptors (Lipinski definition) is 7. The van der Waals surface area contributed by atoms with Crippen LogP contribution < -0.4 is 15.6 Å². The molecule has 0 unspecified atom stereocenters. The Morgan fingerprint density at radius 2 is 2.03 bits per heavy atom. The first-order valence-electron chi connectivity index (χ1n) is 9.14. The molecule has 1 aromatic heterocycles. The number of rotatable bonds is 4. The molecule has 1 aromatic carbocycles. The van der Waals surface area contributed by atoms with Gasteiger partial charge in [0.2, 0.25) is 5.43 Å². The zero-order valence-corrected chi connectivity index (χ0v) is 15.4. The standard InChI is InChI=1S/C19H18BN3O6/c21-11-19-12-22-9-14(20(26)27)16(24)17(28-10-13-5-2-1-3-6-13)15(22)18(25)23(19)7-4-8-29-19/h1-3,5-6,9,26-27H,4,7-8,10,12H2/t19-/m0/s1. The Morgan fingerprint density at radius 3 is 2.72 bits per heavy atom. The van der Waals surface area contributed by atoms with Crippen LogP contribution in [0.4, 0.5) is 0 Å². The summed E-state index contributed by atoms with van der Waals surface area (Å²) in [4.78, 5) is 27.3. The highest BCUT2D eigenvalue weighted by Crippen LogP contribution is 2.33. The van der Waals surface area contributed by atoms with E-state index in [0.29, 0.717) is 19.6 Å². The Kier molecular flexibility index (Phi) is 4.88. The van der Waals surface area contributed by atoms with Crippen LogP contribution in [0.15, 0.2) is 41.3 Å². The summed E-state index contributed by atoms with van der Waals surface area (Å²) in [7, 11) is -2.06. The smallest absolute Gasteiger partial charge is 0.483 e. The number of aromatic nitrogens is 1. The molecule has 2 aromatic rings. The number of pyridine rings is 1. The van der Waals surface area contributed by atoms with Gasteiger partial charge in [-0.15, -0.1) is 0 Å². The summed E-state index contributed by atoms with van der Waals surface area (Å²) in [5.74, 6) is -0.849. The number of nitrogens with zero attached hydrogens (tertiary/aromatic N) is 3. The molecule has 2 aliphatic rings. The van der Waals surface area contributed by atoms with Crippen LogP contribution in [0, 0.1) is 11.3 Å². The Morgan fingerprint density at radius 1 is 1.28 bits per heavy atom. The average Bonchev–Trinajstić information content (AvgIpc) is 2.73. The normalized spacial score (nSPS) is 20.4. The van der Waals surface area contributed by atoms with Crippen molar-refractivity contribution < 1.29 is 24.3 Å². The number of benzene rings is 1. The maximum absolute atomic E-state index is 13.2. The van der Waals surface area contributed by atoms with E-state index in [1.807, 2.05) is 24.3 Å². The minimum atomic E-state index is -2.06. The molecule has 148 valence electrons. The van der Waals surface area contributed by atoms with Gasteiger partial charge in [-0.2, -0.15) is 5.26 Å². The molecule has 1 saturated heterocycles. The summed E-state index contributed by atoms with van der Waals surface area (Å²) in [5.41, 5.74) is -1.89. The van der Waals surface area contributed by atoms with Gasteiger partial charge in [0, 0.05) is 18.2 Å². The van der Waals surface area contributed by atoms with Crippen LogP contribution in [-0.2, 0) is 17.9 Å². The molecule has 3 heterocycles. The minimum Gasteiger partial charge on any atom is -0.483 e. The fraction of sp³-hybridized carbons (Fsp3) is 0.316. The molecule has 1 atom stereocenters. The van der Waals surface area contributed by atoms with Gasteiger partial charge in [-0.1, -0.05) is 30.3 Å². The summed E-state index contributed by atoms with van der Waals surface area (Å²) >= 11 is 0. The fourth-order valence-corrected chi connectivity index (χ4v) is 3.66. The predicted octanol–water partition coefficient (Wildman–Crippen LogP) is -0.797. The van der Waals surface area contributed by atoms with Crippen LogP contribution in [0.5, 0.6) is 5.75 Å². The van der Waals surface area contributed by atoms with Crippen LogP contribution in [0.3, 0.4) is 0 Å². The Hall–Kier alpha value is -3.13.